The van der Waals surface area contributed by atoms with Crippen LogP contribution in [-0.4, -0.2) is 36.4 Å². The number of benzene rings is 2. The summed E-state index contributed by atoms with van der Waals surface area (Å²) < 4.78 is 1.98. The molecule has 5 rings (SSSR count). The van der Waals surface area contributed by atoms with Gasteiger partial charge in [-0.25, -0.2) is 4.98 Å². The van der Waals surface area contributed by atoms with E-state index in [0.717, 1.165) is 27.7 Å². The fourth-order valence-electron chi connectivity index (χ4n) is 3.59. The third-order valence-electron chi connectivity index (χ3n) is 5.09. The molecular formula is C24H19ClN6OS. The third-order valence-corrected chi connectivity index (χ3v) is 6.32. The quantitative estimate of drug-likeness (QED) is 0.250. The van der Waals surface area contributed by atoms with Crippen molar-refractivity contribution in [2.45, 2.75) is 12.1 Å². The number of aryl methyl sites for hydroxylation is 1. The summed E-state index contributed by atoms with van der Waals surface area (Å²) in [6.45, 7) is 2.04. The normalized spacial score (nSPS) is 11.1. The predicted molar refractivity (Wildman–Crippen MR) is 132 cm³/mol. The van der Waals surface area contributed by atoms with Gasteiger partial charge in [0.05, 0.1) is 11.4 Å². The first-order valence-corrected chi connectivity index (χ1v) is 11.6. The lowest BCUT2D eigenvalue weighted by atomic mass is 10.1. The summed E-state index contributed by atoms with van der Waals surface area (Å²) >= 11 is 7.36. The number of pyridine rings is 1. The van der Waals surface area contributed by atoms with E-state index in [4.69, 9.17) is 11.6 Å². The second-order valence-electron chi connectivity index (χ2n) is 7.41. The topological polar surface area (TPSA) is 88.5 Å². The summed E-state index contributed by atoms with van der Waals surface area (Å²) in [5.41, 5.74) is 4.49. The highest BCUT2D eigenvalue weighted by Gasteiger charge is 2.20. The van der Waals surface area contributed by atoms with Crippen molar-refractivity contribution in [3.05, 3.63) is 83.8 Å². The summed E-state index contributed by atoms with van der Waals surface area (Å²) in [5, 5.41) is 13.6. The van der Waals surface area contributed by atoms with Crippen LogP contribution in [0.5, 0.6) is 0 Å². The van der Waals surface area contributed by atoms with Crippen molar-refractivity contribution in [3.63, 3.8) is 0 Å². The molecule has 9 heteroatoms. The summed E-state index contributed by atoms with van der Waals surface area (Å²) in [7, 11) is 0. The van der Waals surface area contributed by atoms with Gasteiger partial charge in [0.25, 0.3) is 0 Å². The van der Waals surface area contributed by atoms with Gasteiger partial charge < -0.3 is 10.3 Å². The molecule has 2 N–H and O–H groups in total. The number of rotatable bonds is 6. The number of carbonyl (C=O) groups is 1. The highest BCUT2D eigenvalue weighted by molar-refractivity contribution is 7.99. The van der Waals surface area contributed by atoms with Crippen molar-refractivity contribution >= 4 is 45.9 Å². The number of H-pyrrole nitrogens is 1. The molecule has 0 radical (unpaired) electrons. The number of amides is 1. The lowest BCUT2D eigenvalue weighted by molar-refractivity contribution is -0.113. The number of carbonyl (C=O) groups excluding carboxylic acids is 1. The summed E-state index contributed by atoms with van der Waals surface area (Å²) in [4.78, 5) is 19.9. The average molecular weight is 475 g/mol. The molecule has 33 heavy (non-hydrogen) atoms. The Balaban J connectivity index is 1.49. The zero-order chi connectivity index (χ0) is 22.8. The van der Waals surface area contributed by atoms with Crippen LogP contribution in [0.15, 0.2) is 78.2 Å². The highest BCUT2D eigenvalue weighted by atomic mass is 35.5. The molecule has 0 unspecified atom stereocenters. The van der Waals surface area contributed by atoms with Gasteiger partial charge in [-0.3, -0.25) is 9.36 Å². The second kappa shape index (κ2) is 9.09. The number of nitrogens with zero attached hydrogens (tertiary/aromatic N) is 4. The first kappa shape index (κ1) is 21.2. The molecule has 3 aromatic heterocycles. The number of aromatic nitrogens is 5. The minimum absolute atomic E-state index is 0.142. The number of aromatic amines is 1. The van der Waals surface area contributed by atoms with Crippen LogP contribution >= 0.6 is 23.4 Å². The maximum Gasteiger partial charge on any atom is 0.234 e. The number of nitrogens with one attached hydrogen (secondary N) is 2. The van der Waals surface area contributed by atoms with Gasteiger partial charge in [0.2, 0.25) is 5.91 Å². The number of hydrogen-bond donors (Lipinski definition) is 2. The Hall–Kier alpha value is -3.62. The van der Waals surface area contributed by atoms with Crippen molar-refractivity contribution in [3.8, 4) is 17.1 Å². The first-order chi connectivity index (χ1) is 16.1. The number of fused-ring (bicyclic) bond motifs is 1. The van der Waals surface area contributed by atoms with E-state index in [2.05, 4.69) is 31.5 Å². The molecule has 0 aliphatic heterocycles. The standard InChI is InChI=1S/C24H19ClN6OS/c1-15-6-4-7-16(12-15)31-23(18-13-27-19-9-3-2-8-17(18)19)29-30-24(31)33-14-21(32)28-20-10-5-11-26-22(20)25/h2-13,27H,14H2,1H3,(H,28,32). The Morgan fingerprint density at radius 1 is 1.12 bits per heavy atom. The van der Waals surface area contributed by atoms with Crippen LogP contribution in [0, 0.1) is 6.92 Å². The van der Waals surface area contributed by atoms with Crippen molar-refractivity contribution in [1.29, 1.82) is 0 Å². The van der Waals surface area contributed by atoms with Gasteiger partial charge in [-0.2, -0.15) is 0 Å². The Morgan fingerprint density at radius 3 is 2.85 bits per heavy atom. The first-order valence-electron chi connectivity index (χ1n) is 10.2. The van der Waals surface area contributed by atoms with Crippen LogP contribution in [0.4, 0.5) is 5.69 Å². The molecule has 0 fully saturated rings. The molecule has 0 saturated carbocycles. The largest absolute Gasteiger partial charge is 0.360 e. The van der Waals surface area contributed by atoms with E-state index in [1.165, 1.54) is 11.8 Å². The lowest BCUT2D eigenvalue weighted by Gasteiger charge is -2.11. The van der Waals surface area contributed by atoms with E-state index in [0.29, 0.717) is 16.7 Å². The van der Waals surface area contributed by atoms with Crippen molar-refractivity contribution in [1.82, 2.24) is 24.7 Å². The molecule has 0 atom stereocenters. The Morgan fingerprint density at radius 2 is 2.00 bits per heavy atom. The zero-order valence-corrected chi connectivity index (χ0v) is 19.2. The van der Waals surface area contributed by atoms with Crippen LogP contribution in [0.2, 0.25) is 5.15 Å². The average Bonchev–Trinajstić information content (AvgIpc) is 3.43. The third kappa shape index (κ3) is 4.35. The number of thioether (sulfide) groups is 1. The Labute approximate surface area is 199 Å². The van der Waals surface area contributed by atoms with Crippen molar-refractivity contribution in [2.75, 3.05) is 11.1 Å². The summed E-state index contributed by atoms with van der Waals surface area (Å²) in [6, 6.07) is 19.6. The van der Waals surface area contributed by atoms with Gasteiger partial charge in [0.15, 0.2) is 16.1 Å². The van der Waals surface area contributed by atoms with Gasteiger partial charge in [-0.15, -0.1) is 10.2 Å². The maximum atomic E-state index is 12.6. The molecule has 164 valence electrons. The van der Waals surface area contributed by atoms with Gasteiger partial charge in [0, 0.05) is 34.5 Å². The minimum atomic E-state index is -0.206. The highest BCUT2D eigenvalue weighted by Crippen LogP contribution is 2.32. The van der Waals surface area contributed by atoms with E-state index in [9.17, 15) is 4.79 Å². The maximum absolute atomic E-state index is 12.6. The molecule has 0 spiro atoms. The van der Waals surface area contributed by atoms with Crippen LogP contribution in [-0.2, 0) is 4.79 Å². The SMILES string of the molecule is Cc1cccc(-n2c(SCC(=O)Nc3cccnc3Cl)nnc2-c2c[nH]c3ccccc23)c1. The molecule has 3 heterocycles. The molecule has 2 aromatic carbocycles. The zero-order valence-electron chi connectivity index (χ0n) is 17.6. The molecule has 5 aromatic rings. The number of para-hydroxylation sites is 1. The van der Waals surface area contributed by atoms with E-state index in [-0.39, 0.29) is 16.8 Å². The lowest BCUT2D eigenvalue weighted by Crippen LogP contribution is -2.15. The molecule has 1 amide bonds. The smallest absolute Gasteiger partial charge is 0.234 e. The Kier molecular flexibility index (Phi) is 5.85. The van der Waals surface area contributed by atoms with E-state index < -0.39 is 0 Å². The van der Waals surface area contributed by atoms with Crippen molar-refractivity contribution in [2.24, 2.45) is 0 Å². The second-order valence-corrected chi connectivity index (χ2v) is 8.71. The van der Waals surface area contributed by atoms with Crippen LogP contribution in [0.25, 0.3) is 28.0 Å². The Bertz CT molecular complexity index is 1460. The molecule has 0 aliphatic carbocycles. The summed E-state index contributed by atoms with van der Waals surface area (Å²) in [6.07, 6.45) is 3.51. The molecule has 0 saturated heterocycles. The molecule has 7 nitrogen and oxygen atoms in total. The van der Waals surface area contributed by atoms with Gasteiger partial charge in [-0.1, -0.05) is 53.7 Å². The fourth-order valence-corrected chi connectivity index (χ4v) is 4.51. The van der Waals surface area contributed by atoms with Gasteiger partial charge >= 0.3 is 0 Å². The fraction of sp³-hybridized carbons (Fsp3) is 0.0833. The van der Waals surface area contributed by atoms with E-state index >= 15 is 0 Å². The van der Waals surface area contributed by atoms with E-state index in [1.807, 2.05) is 60.2 Å². The number of hydrogen-bond acceptors (Lipinski definition) is 5. The summed E-state index contributed by atoms with van der Waals surface area (Å²) in [5.74, 6) is 0.641. The van der Waals surface area contributed by atoms with Crippen LogP contribution in [0.1, 0.15) is 5.56 Å². The molecular weight excluding hydrogens is 456 g/mol. The van der Waals surface area contributed by atoms with Gasteiger partial charge in [-0.05, 0) is 42.8 Å². The molecule has 0 bridgehead atoms. The van der Waals surface area contributed by atoms with Crippen molar-refractivity contribution < 1.29 is 4.79 Å². The van der Waals surface area contributed by atoms with Crippen LogP contribution in [0.3, 0.4) is 0 Å². The monoisotopic (exact) mass is 474 g/mol. The predicted octanol–water partition coefficient (Wildman–Crippen LogP) is 5.50. The number of halogens is 1. The minimum Gasteiger partial charge on any atom is -0.360 e. The number of anilines is 1. The van der Waals surface area contributed by atoms with E-state index in [1.54, 1.807) is 18.3 Å². The molecule has 0 aliphatic rings. The van der Waals surface area contributed by atoms with Crippen LogP contribution < -0.4 is 5.32 Å². The van der Waals surface area contributed by atoms with Gasteiger partial charge in [0.1, 0.15) is 0 Å².